The molecule has 0 bridgehead atoms. The van der Waals surface area contributed by atoms with Gasteiger partial charge in [-0.15, -0.1) is 0 Å². The number of rotatable bonds is 13. The van der Waals surface area contributed by atoms with Crippen LogP contribution in [0.25, 0.3) is 0 Å². The molecule has 2 rings (SSSR count). The predicted molar refractivity (Wildman–Crippen MR) is 188 cm³/mol. The molecule has 1 aromatic carbocycles. The van der Waals surface area contributed by atoms with Crippen molar-refractivity contribution >= 4 is 47.1 Å². The number of benzene rings is 1. The van der Waals surface area contributed by atoms with Gasteiger partial charge in [0.1, 0.15) is 30.5 Å². The van der Waals surface area contributed by atoms with Gasteiger partial charge in [0.05, 0.1) is 44.1 Å². The van der Waals surface area contributed by atoms with Crippen molar-refractivity contribution in [1.29, 1.82) is 0 Å². The summed E-state index contributed by atoms with van der Waals surface area (Å²) in [7, 11) is 0. The van der Waals surface area contributed by atoms with Crippen LogP contribution in [0.15, 0.2) is 30.3 Å². The normalized spacial score (nSPS) is 25.1. The maximum Gasteiger partial charge on any atom is 0.240 e. The number of aliphatic hydroxyl groups excluding tert-OH is 4. The molecular formula is C33H51N9O12. The number of primary amides is 1. The number of carbonyl (C=O) groups is 8. The van der Waals surface area contributed by atoms with Crippen LogP contribution in [0.3, 0.4) is 0 Å². The van der Waals surface area contributed by atoms with Crippen LogP contribution >= 0.6 is 0 Å². The SMILES string of the molecule is C[C@@H](O)[C@@H]1NN[C@@H](CO)C(=O)C(=O)[C@H](CO)NNC(C(=O)N[C@@H](Cc2ccccc2)C(N)=O)CCCCNC(=O)CCC(NN[C@H](C=O)CO)C(=O)C1=O. The van der Waals surface area contributed by atoms with Crippen LogP contribution in [0.5, 0.6) is 0 Å². The van der Waals surface area contributed by atoms with Crippen LogP contribution in [-0.2, 0) is 44.8 Å². The highest BCUT2D eigenvalue weighted by molar-refractivity contribution is 6.41. The minimum atomic E-state index is -1.77. The smallest absolute Gasteiger partial charge is 0.240 e. The molecule has 0 radical (unpaired) electrons. The first-order chi connectivity index (χ1) is 25.8. The summed E-state index contributed by atoms with van der Waals surface area (Å²) in [6.45, 7) is -1.43. The van der Waals surface area contributed by atoms with Gasteiger partial charge in [0.25, 0.3) is 0 Å². The number of carbonyl (C=O) groups excluding carboxylic acids is 8. The van der Waals surface area contributed by atoms with Crippen molar-refractivity contribution in [2.75, 3.05) is 26.4 Å². The summed E-state index contributed by atoms with van der Waals surface area (Å²) in [5, 5.41) is 44.8. The molecule has 0 aromatic heterocycles. The minimum absolute atomic E-state index is 0.0499. The average molecular weight is 766 g/mol. The van der Waals surface area contributed by atoms with E-state index in [1.54, 1.807) is 30.3 Å². The number of aliphatic hydroxyl groups is 4. The summed E-state index contributed by atoms with van der Waals surface area (Å²) in [5.41, 5.74) is 20.7. The van der Waals surface area contributed by atoms with E-state index in [2.05, 4.69) is 43.2 Å². The Kier molecular flexibility index (Phi) is 20.4. The van der Waals surface area contributed by atoms with Crippen molar-refractivity contribution in [1.82, 2.24) is 43.2 Å². The summed E-state index contributed by atoms with van der Waals surface area (Å²) in [4.78, 5) is 103. The molecule has 0 spiro atoms. The van der Waals surface area contributed by atoms with Crippen molar-refractivity contribution < 1.29 is 58.8 Å². The van der Waals surface area contributed by atoms with Gasteiger partial charge in [-0.1, -0.05) is 30.3 Å². The zero-order valence-corrected chi connectivity index (χ0v) is 29.8. The molecule has 21 nitrogen and oxygen atoms in total. The third-order valence-electron chi connectivity index (χ3n) is 8.37. The number of nitrogens with one attached hydrogen (secondary N) is 8. The molecule has 1 heterocycles. The van der Waals surface area contributed by atoms with E-state index in [0.717, 1.165) is 6.92 Å². The molecule has 21 heteroatoms. The second-order valence-corrected chi connectivity index (χ2v) is 12.6. The van der Waals surface area contributed by atoms with Gasteiger partial charge < -0.3 is 41.6 Å². The lowest BCUT2D eigenvalue weighted by atomic mass is 9.97. The van der Waals surface area contributed by atoms with Crippen molar-refractivity contribution in [3.8, 4) is 0 Å². The summed E-state index contributed by atoms with van der Waals surface area (Å²) in [5.74, 6) is -7.07. The number of amides is 3. The molecule has 0 saturated carbocycles. The second-order valence-electron chi connectivity index (χ2n) is 12.6. The fraction of sp³-hybridized carbons (Fsp3) is 0.576. The maximum absolute atomic E-state index is 13.4. The Bertz CT molecular complexity index is 1430. The van der Waals surface area contributed by atoms with Crippen LogP contribution in [0.2, 0.25) is 0 Å². The highest BCUT2D eigenvalue weighted by atomic mass is 16.3. The number of hydrazine groups is 3. The van der Waals surface area contributed by atoms with Crippen molar-refractivity contribution in [3.63, 3.8) is 0 Å². The molecule has 8 atom stereocenters. The number of nitrogens with two attached hydrogens (primary N) is 1. The van der Waals surface area contributed by atoms with E-state index < -0.39 is 109 Å². The molecule has 300 valence electrons. The lowest BCUT2D eigenvalue weighted by molar-refractivity contribution is -0.142. The van der Waals surface area contributed by atoms with Crippen LogP contribution in [0.1, 0.15) is 44.6 Å². The first-order valence-corrected chi connectivity index (χ1v) is 17.3. The topological polar surface area (TPSA) is 340 Å². The van der Waals surface area contributed by atoms with E-state index in [4.69, 9.17) is 5.73 Å². The van der Waals surface area contributed by atoms with Crippen LogP contribution in [0.4, 0.5) is 0 Å². The molecule has 1 aromatic rings. The lowest BCUT2D eigenvalue weighted by Gasteiger charge is -2.26. The molecule has 14 N–H and O–H groups in total. The molecule has 1 aliphatic rings. The fourth-order valence-electron chi connectivity index (χ4n) is 5.13. The second kappa shape index (κ2) is 24.1. The van der Waals surface area contributed by atoms with Gasteiger partial charge >= 0.3 is 0 Å². The number of ketones is 4. The third kappa shape index (κ3) is 14.8. The Morgan fingerprint density at radius 1 is 0.889 bits per heavy atom. The van der Waals surface area contributed by atoms with Gasteiger partial charge in [-0.3, -0.25) is 33.6 Å². The van der Waals surface area contributed by atoms with E-state index >= 15 is 0 Å². The molecular weight excluding hydrogens is 714 g/mol. The first-order valence-electron chi connectivity index (χ1n) is 17.3. The molecule has 54 heavy (non-hydrogen) atoms. The Morgan fingerprint density at radius 3 is 2.07 bits per heavy atom. The van der Waals surface area contributed by atoms with Crippen molar-refractivity contribution in [2.45, 2.75) is 93.8 Å². The largest absolute Gasteiger partial charge is 0.394 e. The standard InChI is InChI=1S/C33H51N9O12/c1-18(47)27-31(52)28(49)21(38-37-20(14-43)15-44)10-11-26(48)35-12-6-5-9-22(33(54)36-23(32(34)53)13-19-7-3-2-4-8-19)39-40-24(16-45)29(50)30(51)25(17-46)41-42-27/h2-4,7-8,14,18,20-25,27,37-42,44-47H,5-6,9-13,15-17H2,1H3,(H2,34,53)(H,35,48)(H,36,54)/t18-,20-,21?,22?,23+,24+,25+,27+/m1/s1. The summed E-state index contributed by atoms with van der Waals surface area (Å²) < 4.78 is 0. The van der Waals surface area contributed by atoms with Crippen LogP contribution < -0.4 is 48.9 Å². The summed E-state index contributed by atoms with van der Waals surface area (Å²) in [6.07, 6.45) is -1.15. The first kappa shape index (κ1) is 45.7. The Balaban J connectivity index is 2.36. The number of hydrogen-bond acceptors (Lipinski definition) is 18. The van der Waals surface area contributed by atoms with Crippen LogP contribution in [0, 0.1) is 0 Å². The van der Waals surface area contributed by atoms with Gasteiger partial charge in [-0.05, 0) is 38.2 Å². The van der Waals surface area contributed by atoms with E-state index in [9.17, 15) is 58.8 Å². The average Bonchev–Trinajstić information content (AvgIpc) is 3.15. The zero-order chi connectivity index (χ0) is 40.2. The lowest BCUT2D eigenvalue weighted by Crippen LogP contribution is -2.63. The van der Waals surface area contributed by atoms with E-state index in [1.165, 1.54) is 0 Å². The fourth-order valence-corrected chi connectivity index (χ4v) is 5.13. The molecule has 1 aliphatic heterocycles. The Labute approximate surface area is 310 Å². The van der Waals surface area contributed by atoms with E-state index in [-0.39, 0.29) is 38.6 Å². The van der Waals surface area contributed by atoms with Gasteiger partial charge in [-0.25, -0.2) is 32.6 Å². The van der Waals surface area contributed by atoms with Crippen molar-refractivity contribution in [2.24, 2.45) is 5.73 Å². The number of hydrogen-bond donors (Lipinski definition) is 13. The molecule has 1 saturated heterocycles. The highest BCUT2D eigenvalue weighted by Gasteiger charge is 2.37. The molecule has 2 unspecified atom stereocenters. The van der Waals surface area contributed by atoms with Crippen LogP contribution in [-0.4, -0.2) is 142 Å². The van der Waals surface area contributed by atoms with Gasteiger partial charge in [0, 0.05) is 19.4 Å². The highest BCUT2D eigenvalue weighted by Crippen LogP contribution is 2.08. The number of Topliss-reactive ketones (excluding diaryl/α,β-unsaturated/α-hetero) is 4. The van der Waals surface area contributed by atoms with Gasteiger partial charge in [0.2, 0.25) is 40.9 Å². The Hall–Kier alpha value is -4.42. The Morgan fingerprint density at radius 2 is 1.52 bits per heavy atom. The van der Waals surface area contributed by atoms with Crippen molar-refractivity contribution in [3.05, 3.63) is 35.9 Å². The van der Waals surface area contributed by atoms with E-state index in [0.29, 0.717) is 18.3 Å². The zero-order valence-electron chi connectivity index (χ0n) is 29.8. The maximum atomic E-state index is 13.4. The third-order valence-corrected chi connectivity index (χ3v) is 8.37. The van der Waals surface area contributed by atoms with Gasteiger partial charge in [-0.2, -0.15) is 0 Å². The summed E-state index contributed by atoms with van der Waals surface area (Å²) >= 11 is 0. The van der Waals surface area contributed by atoms with E-state index in [1.807, 2.05) is 0 Å². The predicted octanol–water partition coefficient (Wildman–Crippen LogP) is -6.39. The summed E-state index contributed by atoms with van der Waals surface area (Å²) in [6, 6.07) is -1.39. The minimum Gasteiger partial charge on any atom is -0.394 e. The molecule has 0 aliphatic carbocycles. The number of aldehydes is 1. The quantitative estimate of drug-likeness (QED) is 0.0504. The molecule has 3 amide bonds. The molecule has 1 fully saturated rings. The van der Waals surface area contributed by atoms with Gasteiger partial charge in [0.15, 0.2) is 0 Å². The monoisotopic (exact) mass is 765 g/mol.